The van der Waals surface area contributed by atoms with Gasteiger partial charge in [0, 0.05) is 19.7 Å². The maximum absolute atomic E-state index is 12.1. The molecule has 1 saturated heterocycles. The molecule has 1 atom stereocenters. The number of aromatic nitrogens is 2. The lowest BCUT2D eigenvalue weighted by Crippen LogP contribution is -2.30. The molecule has 1 fully saturated rings. The molecule has 5 heteroatoms. The SMILES string of the molecule is O=C(NCc1cccc(Cn2cnc3ccccc32)c1)[C@H]1CCOC1. The van der Waals surface area contributed by atoms with Crippen molar-refractivity contribution in [3.63, 3.8) is 0 Å². The minimum Gasteiger partial charge on any atom is -0.381 e. The van der Waals surface area contributed by atoms with E-state index in [1.54, 1.807) is 0 Å². The number of fused-ring (bicyclic) bond motifs is 1. The van der Waals surface area contributed by atoms with Crippen molar-refractivity contribution in [1.82, 2.24) is 14.9 Å². The number of carbonyl (C=O) groups is 1. The van der Waals surface area contributed by atoms with Crippen LogP contribution in [-0.4, -0.2) is 28.7 Å². The van der Waals surface area contributed by atoms with E-state index in [9.17, 15) is 4.79 Å². The topological polar surface area (TPSA) is 56.2 Å². The second-order valence-corrected chi connectivity index (χ2v) is 6.46. The van der Waals surface area contributed by atoms with Crippen molar-refractivity contribution in [3.05, 3.63) is 66.0 Å². The molecule has 4 rings (SSSR count). The van der Waals surface area contributed by atoms with Crippen LogP contribution in [0.5, 0.6) is 0 Å². The van der Waals surface area contributed by atoms with E-state index in [1.165, 1.54) is 5.56 Å². The standard InChI is InChI=1S/C20H21N3O2/c24-20(17-8-9-25-13-17)21-11-15-4-3-5-16(10-15)12-23-14-22-18-6-1-2-7-19(18)23/h1-7,10,14,17H,8-9,11-13H2,(H,21,24)/t17-/m0/s1. The Labute approximate surface area is 146 Å². The number of para-hydroxylation sites is 2. The highest BCUT2D eigenvalue weighted by Gasteiger charge is 2.22. The van der Waals surface area contributed by atoms with E-state index in [0.29, 0.717) is 19.8 Å². The third-order valence-electron chi connectivity index (χ3n) is 4.64. The number of imidazole rings is 1. The number of amides is 1. The molecule has 0 aliphatic carbocycles. The molecule has 128 valence electrons. The molecule has 0 saturated carbocycles. The van der Waals surface area contributed by atoms with Crippen molar-refractivity contribution in [2.24, 2.45) is 5.92 Å². The van der Waals surface area contributed by atoms with Crippen molar-refractivity contribution in [1.29, 1.82) is 0 Å². The Hall–Kier alpha value is -2.66. The smallest absolute Gasteiger partial charge is 0.225 e. The minimum absolute atomic E-state index is 0.000459. The summed E-state index contributed by atoms with van der Waals surface area (Å²) in [6.45, 7) is 2.54. The fourth-order valence-corrected chi connectivity index (χ4v) is 3.25. The van der Waals surface area contributed by atoms with E-state index in [-0.39, 0.29) is 11.8 Å². The highest BCUT2D eigenvalue weighted by Crippen LogP contribution is 2.15. The zero-order valence-electron chi connectivity index (χ0n) is 14.0. The number of hydrogen-bond donors (Lipinski definition) is 1. The molecule has 0 radical (unpaired) electrons. The Balaban J connectivity index is 1.43. The molecular weight excluding hydrogens is 314 g/mol. The van der Waals surface area contributed by atoms with Crippen molar-refractivity contribution >= 4 is 16.9 Å². The third-order valence-corrected chi connectivity index (χ3v) is 4.64. The van der Waals surface area contributed by atoms with Crippen LogP contribution in [0.3, 0.4) is 0 Å². The van der Waals surface area contributed by atoms with Gasteiger partial charge in [0.2, 0.25) is 5.91 Å². The lowest BCUT2D eigenvalue weighted by Gasteiger charge is -2.11. The van der Waals surface area contributed by atoms with Crippen LogP contribution in [0.15, 0.2) is 54.9 Å². The number of carbonyl (C=O) groups excluding carboxylic acids is 1. The lowest BCUT2D eigenvalue weighted by molar-refractivity contribution is -0.125. The number of benzene rings is 2. The van der Waals surface area contributed by atoms with E-state index in [1.807, 2.05) is 36.7 Å². The summed E-state index contributed by atoms with van der Waals surface area (Å²) in [4.78, 5) is 16.5. The van der Waals surface area contributed by atoms with E-state index in [0.717, 1.165) is 29.6 Å². The summed E-state index contributed by atoms with van der Waals surface area (Å²) in [6.07, 6.45) is 2.69. The summed E-state index contributed by atoms with van der Waals surface area (Å²) in [6, 6.07) is 16.4. The second kappa shape index (κ2) is 7.07. The molecular formula is C20H21N3O2. The van der Waals surface area contributed by atoms with Crippen LogP contribution < -0.4 is 5.32 Å². The molecule has 1 N–H and O–H groups in total. The van der Waals surface area contributed by atoms with Gasteiger partial charge in [0.15, 0.2) is 0 Å². The van der Waals surface area contributed by atoms with Gasteiger partial charge in [0.05, 0.1) is 29.9 Å². The molecule has 2 heterocycles. The Kier molecular flexibility index (Phi) is 4.48. The zero-order valence-corrected chi connectivity index (χ0v) is 14.0. The lowest BCUT2D eigenvalue weighted by atomic mass is 10.1. The minimum atomic E-state index is 0.000459. The third kappa shape index (κ3) is 3.56. The van der Waals surface area contributed by atoms with E-state index < -0.39 is 0 Å². The van der Waals surface area contributed by atoms with Crippen LogP contribution in [-0.2, 0) is 22.6 Å². The Bertz CT molecular complexity index is 881. The van der Waals surface area contributed by atoms with Gasteiger partial charge in [-0.2, -0.15) is 0 Å². The van der Waals surface area contributed by atoms with Crippen molar-refractivity contribution < 1.29 is 9.53 Å². The van der Waals surface area contributed by atoms with Crippen molar-refractivity contribution in [2.75, 3.05) is 13.2 Å². The summed E-state index contributed by atoms with van der Waals surface area (Å²) < 4.78 is 7.42. The van der Waals surface area contributed by atoms with Gasteiger partial charge in [-0.25, -0.2) is 4.98 Å². The number of nitrogens with one attached hydrogen (secondary N) is 1. The zero-order chi connectivity index (χ0) is 17.1. The van der Waals surface area contributed by atoms with Gasteiger partial charge >= 0.3 is 0 Å². The fourth-order valence-electron chi connectivity index (χ4n) is 3.25. The van der Waals surface area contributed by atoms with Gasteiger partial charge in [0.1, 0.15) is 0 Å². The fraction of sp³-hybridized carbons (Fsp3) is 0.300. The molecule has 0 bridgehead atoms. The van der Waals surface area contributed by atoms with Crippen molar-refractivity contribution in [2.45, 2.75) is 19.5 Å². The monoisotopic (exact) mass is 335 g/mol. The van der Waals surface area contributed by atoms with Gasteiger partial charge in [-0.1, -0.05) is 36.4 Å². The second-order valence-electron chi connectivity index (χ2n) is 6.46. The average molecular weight is 335 g/mol. The van der Waals surface area contributed by atoms with E-state index >= 15 is 0 Å². The molecule has 2 aromatic carbocycles. The quantitative estimate of drug-likeness (QED) is 0.780. The van der Waals surface area contributed by atoms with Gasteiger partial charge in [0.25, 0.3) is 0 Å². The summed E-state index contributed by atoms with van der Waals surface area (Å²) in [5.41, 5.74) is 4.43. The highest BCUT2D eigenvalue weighted by molar-refractivity contribution is 5.79. The van der Waals surface area contributed by atoms with E-state index in [4.69, 9.17) is 4.74 Å². The van der Waals surface area contributed by atoms with Crippen LogP contribution in [0.25, 0.3) is 11.0 Å². The maximum Gasteiger partial charge on any atom is 0.225 e. The first kappa shape index (κ1) is 15.8. The first-order valence-electron chi connectivity index (χ1n) is 8.63. The van der Waals surface area contributed by atoms with Gasteiger partial charge in [-0.15, -0.1) is 0 Å². The predicted octanol–water partition coefficient (Wildman–Crippen LogP) is 2.74. The Morgan fingerprint density at radius 2 is 2.08 bits per heavy atom. The van der Waals surface area contributed by atoms with E-state index in [2.05, 4.69) is 33.1 Å². The number of nitrogens with zero attached hydrogens (tertiary/aromatic N) is 2. The predicted molar refractivity (Wildman–Crippen MR) is 96.0 cm³/mol. The number of hydrogen-bond acceptors (Lipinski definition) is 3. The van der Waals surface area contributed by atoms with Crippen LogP contribution >= 0.6 is 0 Å². The van der Waals surface area contributed by atoms with Crippen LogP contribution in [0.1, 0.15) is 17.5 Å². The van der Waals surface area contributed by atoms with Gasteiger partial charge in [-0.3, -0.25) is 4.79 Å². The Morgan fingerprint density at radius 1 is 1.20 bits per heavy atom. The van der Waals surface area contributed by atoms with Gasteiger partial charge in [-0.05, 0) is 29.7 Å². The molecule has 0 unspecified atom stereocenters. The van der Waals surface area contributed by atoms with Gasteiger partial charge < -0.3 is 14.6 Å². The molecule has 1 aromatic heterocycles. The summed E-state index contributed by atoms with van der Waals surface area (Å²) in [7, 11) is 0. The molecule has 5 nitrogen and oxygen atoms in total. The molecule has 25 heavy (non-hydrogen) atoms. The number of rotatable bonds is 5. The molecule has 0 spiro atoms. The first-order valence-corrected chi connectivity index (χ1v) is 8.63. The largest absolute Gasteiger partial charge is 0.381 e. The first-order chi connectivity index (χ1) is 12.3. The average Bonchev–Trinajstić information content (AvgIpc) is 3.31. The molecule has 3 aromatic rings. The Morgan fingerprint density at radius 3 is 2.96 bits per heavy atom. The van der Waals surface area contributed by atoms with Crippen LogP contribution in [0, 0.1) is 5.92 Å². The highest BCUT2D eigenvalue weighted by atomic mass is 16.5. The summed E-state index contributed by atoms with van der Waals surface area (Å²) in [5.74, 6) is 0.0870. The summed E-state index contributed by atoms with van der Waals surface area (Å²) in [5, 5.41) is 3.02. The summed E-state index contributed by atoms with van der Waals surface area (Å²) >= 11 is 0. The maximum atomic E-state index is 12.1. The van der Waals surface area contributed by atoms with Crippen LogP contribution in [0.4, 0.5) is 0 Å². The normalized spacial score (nSPS) is 17.0. The molecule has 1 aliphatic rings. The van der Waals surface area contributed by atoms with Crippen molar-refractivity contribution in [3.8, 4) is 0 Å². The van der Waals surface area contributed by atoms with Crippen LogP contribution in [0.2, 0.25) is 0 Å². The molecule has 1 aliphatic heterocycles. The molecule has 1 amide bonds. The number of ether oxygens (including phenoxy) is 1.